The lowest BCUT2D eigenvalue weighted by Crippen LogP contribution is -2.41. The first-order valence-corrected chi connectivity index (χ1v) is 8.84. The molecule has 1 aromatic carbocycles. The van der Waals surface area contributed by atoms with E-state index in [4.69, 9.17) is 4.74 Å². The minimum atomic E-state index is -3.43. The van der Waals surface area contributed by atoms with Crippen LogP contribution in [0.3, 0.4) is 0 Å². The zero-order valence-electron chi connectivity index (χ0n) is 13.4. The van der Waals surface area contributed by atoms with Crippen LogP contribution in [0.5, 0.6) is 0 Å². The molecule has 0 amide bonds. The van der Waals surface area contributed by atoms with Gasteiger partial charge in [-0.1, -0.05) is 37.1 Å². The molecule has 1 atom stereocenters. The number of rotatable bonds is 4. The lowest BCUT2D eigenvalue weighted by Gasteiger charge is -2.47. The van der Waals surface area contributed by atoms with E-state index in [1.54, 1.807) is 24.3 Å². The Morgan fingerprint density at radius 1 is 1.32 bits per heavy atom. The van der Waals surface area contributed by atoms with E-state index in [9.17, 15) is 13.2 Å². The van der Waals surface area contributed by atoms with Gasteiger partial charge in [0.25, 0.3) is 0 Å². The summed E-state index contributed by atoms with van der Waals surface area (Å²) in [5.41, 5.74) is 1.63. The van der Waals surface area contributed by atoms with Crippen molar-refractivity contribution in [2.24, 2.45) is 11.3 Å². The van der Waals surface area contributed by atoms with Crippen LogP contribution < -0.4 is 0 Å². The van der Waals surface area contributed by atoms with Crippen molar-refractivity contribution in [3.63, 3.8) is 0 Å². The average molecular weight is 322 g/mol. The van der Waals surface area contributed by atoms with Crippen LogP contribution in [0.2, 0.25) is 0 Å². The zero-order chi connectivity index (χ0) is 16.5. The molecule has 0 spiro atoms. The summed E-state index contributed by atoms with van der Waals surface area (Å²) in [4.78, 5) is 11.2. The molecule has 1 aliphatic rings. The Labute approximate surface area is 132 Å². The summed E-state index contributed by atoms with van der Waals surface area (Å²) in [7, 11) is -3.43. The maximum Gasteiger partial charge on any atom is 0.302 e. The maximum absolute atomic E-state index is 12.4. The van der Waals surface area contributed by atoms with E-state index in [1.165, 1.54) is 12.3 Å². The van der Waals surface area contributed by atoms with Gasteiger partial charge in [0, 0.05) is 18.2 Å². The van der Waals surface area contributed by atoms with Gasteiger partial charge in [0.1, 0.15) is 0 Å². The SMILES string of the molecule is CC(=O)OCC1CC(=CS(=O)(=O)c2ccc(C)cc2)C1(C)C. The molecule has 0 bridgehead atoms. The molecule has 2 rings (SSSR count). The predicted octanol–water partition coefficient (Wildman–Crippen LogP) is 3.26. The van der Waals surface area contributed by atoms with Gasteiger partial charge in [0.15, 0.2) is 9.84 Å². The molecule has 1 fully saturated rings. The third kappa shape index (κ3) is 3.40. The van der Waals surface area contributed by atoms with Gasteiger partial charge in [0.05, 0.1) is 11.5 Å². The molecule has 0 saturated heterocycles. The summed E-state index contributed by atoms with van der Waals surface area (Å²) in [6, 6.07) is 6.84. The molecule has 0 aromatic heterocycles. The predicted molar refractivity (Wildman–Crippen MR) is 85.0 cm³/mol. The number of benzene rings is 1. The minimum absolute atomic E-state index is 0.163. The third-order valence-electron chi connectivity index (χ3n) is 4.45. The Hall–Kier alpha value is -1.62. The number of sulfone groups is 1. The van der Waals surface area contributed by atoms with Crippen molar-refractivity contribution in [1.29, 1.82) is 0 Å². The van der Waals surface area contributed by atoms with Crippen LogP contribution in [-0.4, -0.2) is 21.0 Å². The van der Waals surface area contributed by atoms with E-state index in [1.807, 2.05) is 20.8 Å². The highest BCUT2D eigenvalue weighted by atomic mass is 32.2. The van der Waals surface area contributed by atoms with E-state index >= 15 is 0 Å². The summed E-state index contributed by atoms with van der Waals surface area (Å²) < 4.78 is 29.9. The van der Waals surface area contributed by atoms with Crippen molar-refractivity contribution in [2.75, 3.05) is 6.61 Å². The molecule has 1 aliphatic carbocycles. The molecule has 4 nitrogen and oxygen atoms in total. The minimum Gasteiger partial charge on any atom is -0.466 e. The summed E-state index contributed by atoms with van der Waals surface area (Å²) in [5, 5.41) is 1.38. The first kappa shape index (κ1) is 16.7. The normalized spacial score (nSPS) is 22.2. The van der Waals surface area contributed by atoms with E-state index in [2.05, 4.69) is 0 Å². The number of carbonyl (C=O) groups is 1. The fourth-order valence-electron chi connectivity index (χ4n) is 2.58. The lowest BCUT2D eigenvalue weighted by atomic mass is 9.59. The van der Waals surface area contributed by atoms with Gasteiger partial charge >= 0.3 is 5.97 Å². The second kappa shape index (κ2) is 5.88. The fourth-order valence-corrected chi connectivity index (χ4v) is 4.01. The molecule has 22 heavy (non-hydrogen) atoms. The summed E-state index contributed by atoms with van der Waals surface area (Å²) in [6.07, 6.45) is 0.644. The highest BCUT2D eigenvalue weighted by molar-refractivity contribution is 7.94. The van der Waals surface area contributed by atoms with E-state index in [0.717, 1.165) is 11.1 Å². The number of ether oxygens (including phenoxy) is 1. The van der Waals surface area contributed by atoms with Gasteiger partial charge in [-0.05, 0) is 30.9 Å². The van der Waals surface area contributed by atoms with E-state index in [-0.39, 0.29) is 17.3 Å². The second-order valence-corrected chi connectivity index (χ2v) is 8.22. The maximum atomic E-state index is 12.4. The molecule has 1 aromatic rings. The summed E-state index contributed by atoms with van der Waals surface area (Å²) in [5.74, 6) is -0.142. The number of hydrogen-bond donors (Lipinski definition) is 0. The smallest absolute Gasteiger partial charge is 0.302 e. The average Bonchev–Trinajstić information content (AvgIpc) is 2.42. The molecule has 120 valence electrons. The van der Waals surface area contributed by atoms with Crippen LogP contribution in [0.4, 0.5) is 0 Å². The number of esters is 1. The van der Waals surface area contributed by atoms with Crippen molar-refractivity contribution in [3.05, 3.63) is 40.8 Å². The van der Waals surface area contributed by atoms with Gasteiger partial charge in [-0.3, -0.25) is 4.79 Å². The largest absolute Gasteiger partial charge is 0.466 e. The lowest BCUT2D eigenvalue weighted by molar-refractivity contribution is -0.144. The molecule has 1 saturated carbocycles. The number of carbonyl (C=O) groups excluding carboxylic acids is 1. The van der Waals surface area contributed by atoms with Crippen LogP contribution in [0.1, 0.15) is 32.8 Å². The Balaban J connectivity index is 2.16. The topological polar surface area (TPSA) is 60.4 Å². The highest BCUT2D eigenvalue weighted by Gasteiger charge is 2.44. The van der Waals surface area contributed by atoms with Crippen molar-refractivity contribution in [3.8, 4) is 0 Å². The van der Waals surface area contributed by atoms with Crippen LogP contribution in [0.15, 0.2) is 40.1 Å². The molecular formula is C17H22O4S. The van der Waals surface area contributed by atoms with Crippen molar-refractivity contribution < 1.29 is 17.9 Å². The molecule has 0 N–H and O–H groups in total. The van der Waals surface area contributed by atoms with Crippen molar-refractivity contribution in [1.82, 2.24) is 0 Å². The van der Waals surface area contributed by atoms with Crippen LogP contribution in [-0.2, 0) is 19.4 Å². The Morgan fingerprint density at radius 2 is 1.91 bits per heavy atom. The van der Waals surface area contributed by atoms with E-state index < -0.39 is 9.84 Å². The van der Waals surface area contributed by atoms with Crippen molar-refractivity contribution >= 4 is 15.8 Å². The van der Waals surface area contributed by atoms with Gasteiger partial charge in [-0.2, -0.15) is 0 Å². The summed E-state index contributed by atoms with van der Waals surface area (Å²) in [6.45, 7) is 7.61. The monoisotopic (exact) mass is 322 g/mol. The van der Waals surface area contributed by atoms with Crippen LogP contribution in [0, 0.1) is 18.3 Å². The molecule has 1 unspecified atom stereocenters. The molecular weight excluding hydrogens is 300 g/mol. The zero-order valence-corrected chi connectivity index (χ0v) is 14.2. The first-order valence-electron chi connectivity index (χ1n) is 7.29. The number of hydrogen-bond acceptors (Lipinski definition) is 4. The van der Waals surface area contributed by atoms with Gasteiger partial charge < -0.3 is 4.74 Å². The molecule has 5 heteroatoms. The second-order valence-electron chi connectivity index (χ2n) is 6.43. The molecule has 0 heterocycles. The van der Waals surface area contributed by atoms with Gasteiger partial charge in [-0.25, -0.2) is 8.42 Å². The number of aryl methyl sites for hydroxylation is 1. The molecule has 0 radical (unpaired) electrons. The molecule has 0 aliphatic heterocycles. The van der Waals surface area contributed by atoms with Crippen molar-refractivity contribution in [2.45, 2.75) is 39.0 Å². The van der Waals surface area contributed by atoms with Gasteiger partial charge in [0.2, 0.25) is 0 Å². The quantitative estimate of drug-likeness (QED) is 0.798. The van der Waals surface area contributed by atoms with Crippen LogP contribution >= 0.6 is 0 Å². The van der Waals surface area contributed by atoms with Gasteiger partial charge in [-0.15, -0.1) is 0 Å². The Bertz CT molecular complexity index is 697. The van der Waals surface area contributed by atoms with Crippen LogP contribution in [0.25, 0.3) is 0 Å². The third-order valence-corrected chi connectivity index (χ3v) is 5.97. The Morgan fingerprint density at radius 3 is 2.41 bits per heavy atom. The van der Waals surface area contributed by atoms with E-state index in [0.29, 0.717) is 17.9 Å². The highest BCUT2D eigenvalue weighted by Crippen LogP contribution is 2.51. The standard InChI is InChI=1S/C17H22O4S/c1-12-5-7-16(8-6-12)22(19,20)11-15-9-14(17(15,3)4)10-21-13(2)18/h5-8,11,14H,9-10H2,1-4H3. The first-order chi connectivity index (χ1) is 10.1. The fraction of sp³-hybridized carbons (Fsp3) is 0.471. The summed E-state index contributed by atoms with van der Waals surface area (Å²) >= 11 is 0. The Kier molecular flexibility index (Phi) is 4.47. The number of allylic oxidation sites excluding steroid dienone is 1.